The van der Waals surface area contributed by atoms with Crippen LogP contribution in [0.3, 0.4) is 0 Å². The molecule has 8 heteroatoms. The molecule has 0 atom stereocenters. The second-order valence-electron chi connectivity index (χ2n) is 5.35. The van der Waals surface area contributed by atoms with Crippen LogP contribution < -0.4 is 15.4 Å². The molecule has 25 heavy (non-hydrogen) atoms. The molecule has 0 fully saturated rings. The van der Waals surface area contributed by atoms with Crippen LogP contribution in [0.25, 0.3) is 0 Å². The molecule has 0 radical (unpaired) electrons. The monoisotopic (exact) mass is 458 g/mol. The molecule has 2 rings (SSSR count). The number of nitrogens with one attached hydrogen (secondary N) is 2. The van der Waals surface area contributed by atoms with Crippen molar-refractivity contribution in [1.29, 1.82) is 0 Å². The summed E-state index contributed by atoms with van der Waals surface area (Å²) in [5.41, 5.74) is 0. The molecule has 2 N–H and O–H groups in total. The van der Waals surface area contributed by atoms with Crippen molar-refractivity contribution < 1.29 is 4.74 Å². The summed E-state index contributed by atoms with van der Waals surface area (Å²) in [6.45, 7) is 3.35. The Balaban J connectivity index is 0.00000312. The first-order valence-electron chi connectivity index (χ1n) is 8.33. The van der Waals surface area contributed by atoms with Gasteiger partial charge in [-0.1, -0.05) is 18.2 Å². The number of para-hydroxylation sites is 1. The third kappa shape index (κ3) is 9.28. The van der Waals surface area contributed by atoms with Crippen molar-refractivity contribution >= 4 is 29.9 Å². The second kappa shape index (κ2) is 13.5. The van der Waals surface area contributed by atoms with Crippen molar-refractivity contribution in [3.8, 4) is 5.75 Å². The average molecular weight is 458 g/mol. The number of nitrogens with zero attached hydrogens (tertiary/aromatic N) is 4. The van der Waals surface area contributed by atoms with Crippen LogP contribution in [0, 0.1) is 0 Å². The van der Waals surface area contributed by atoms with Crippen LogP contribution in [0.1, 0.15) is 19.3 Å². The van der Waals surface area contributed by atoms with Gasteiger partial charge in [-0.2, -0.15) is 0 Å². The third-order valence-electron chi connectivity index (χ3n) is 3.45. The molecule has 1 heterocycles. The number of aliphatic imine (C=N–C) groups is 1. The summed E-state index contributed by atoms with van der Waals surface area (Å²) in [6, 6.07) is 9.86. The molecule has 1 aromatic carbocycles. The Bertz CT molecular complexity index is 576. The molecular weight excluding hydrogens is 431 g/mol. The lowest BCUT2D eigenvalue weighted by Gasteiger charge is -2.12. The Labute approximate surface area is 166 Å². The van der Waals surface area contributed by atoms with Gasteiger partial charge in [0, 0.05) is 26.7 Å². The zero-order valence-electron chi connectivity index (χ0n) is 14.6. The van der Waals surface area contributed by atoms with Gasteiger partial charge >= 0.3 is 0 Å². The van der Waals surface area contributed by atoms with Gasteiger partial charge in [-0.05, 0) is 31.4 Å². The van der Waals surface area contributed by atoms with E-state index in [9.17, 15) is 0 Å². The van der Waals surface area contributed by atoms with E-state index in [0.717, 1.165) is 50.6 Å². The number of benzene rings is 1. The predicted molar refractivity (Wildman–Crippen MR) is 111 cm³/mol. The lowest BCUT2D eigenvalue weighted by atomic mass is 10.3. The number of aryl methyl sites for hydroxylation is 1. The van der Waals surface area contributed by atoms with Crippen LogP contribution in [0.2, 0.25) is 0 Å². The summed E-state index contributed by atoms with van der Waals surface area (Å²) >= 11 is 0. The highest BCUT2D eigenvalue weighted by Crippen LogP contribution is 2.07. The quantitative estimate of drug-likeness (QED) is 0.247. The Morgan fingerprint density at radius 3 is 2.40 bits per heavy atom. The number of hydrogen-bond donors (Lipinski definition) is 2. The topological polar surface area (TPSA) is 76.4 Å². The van der Waals surface area contributed by atoms with Gasteiger partial charge in [-0.25, -0.2) is 0 Å². The largest absolute Gasteiger partial charge is 0.494 e. The van der Waals surface area contributed by atoms with E-state index in [-0.39, 0.29) is 24.0 Å². The van der Waals surface area contributed by atoms with E-state index in [1.807, 2.05) is 34.9 Å². The molecule has 1 aromatic heterocycles. The van der Waals surface area contributed by atoms with Gasteiger partial charge in [0.1, 0.15) is 18.4 Å². The van der Waals surface area contributed by atoms with E-state index in [1.165, 1.54) is 0 Å². The summed E-state index contributed by atoms with van der Waals surface area (Å²) in [4.78, 5) is 4.22. The number of hydrogen-bond acceptors (Lipinski definition) is 4. The number of aromatic nitrogens is 3. The minimum atomic E-state index is 0. The van der Waals surface area contributed by atoms with E-state index in [1.54, 1.807) is 19.7 Å². The molecule has 0 aliphatic carbocycles. The van der Waals surface area contributed by atoms with Gasteiger partial charge in [0.05, 0.1) is 6.61 Å². The molecule has 0 bridgehead atoms. The Kier molecular flexibility index (Phi) is 11.4. The van der Waals surface area contributed by atoms with E-state index < -0.39 is 0 Å². The predicted octanol–water partition coefficient (Wildman–Crippen LogP) is 2.31. The van der Waals surface area contributed by atoms with Gasteiger partial charge in [0.2, 0.25) is 0 Å². The Hall–Kier alpha value is -1.84. The number of ether oxygens (including phenoxy) is 1. The van der Waals surface area contributed by atoms with Gasteiger partial charge in [0.15, 0.2) is 5.96 Å². The second-order valence-corrected chi connectivity index (χ2v) is 5.35. The maximum atomic E-state index is 5.66. The maximum absolute atomic E-state index is 5.66. The van der Waals surface area contributed by atoms with Crippen LogP contribution in [0.15, 0.2) is 48.0 Å². The standard InChI is InChI=1S/C17H26N6O.HI/c1-18-17(19-10-5-6-12-23-14-21-22-15-23)20-11-7-13-24-16-8-3-2-4-9-16;/h2-4,8-9,14-15H,5-7,10-13H2,1H3,(H2,18,19,20);1H. The lowest BCUT2D eigenvalue weighted by molar-refractivity contribution is 0.311. The van der Waals surface area contributed by atoms with Crippen molar-refractivity contribution in [3.63, 3.8) is 0 Å². The van der Waals surface area contributed by atoms with Crippen molar-refractivity contribution in [2.24, 2.45) is 4.99 Å². The smallest absolute Gasteiger partial charge is 0.190 e. The first-order chi connectivity index (χ1) is 11.9. The molecule has 0 amide bonds. The van der Waals surface area contributed by atoms with E-state index >= 15 is 0 Å². The van der Waals surface area contributed by atoms with Gasteiger partial charge in [-0.15, -0.1) is 34.2 Å². The molecule has 0 aliphatic rings. The van der Waals surface area contributed by atoms with Gasteiger partial charge < -0.3 is 19.9 Å². The first-order valence-corrected chi connectivity index (χ1v) is 8.33. The number of unbranched alkanes of at least 4 members (excludes halogenated alkanes) is 1. The van der Waals surface area contributed by atoms with Crippen molar-refractivity contribution in [3.05, 3.63) is 43.0 Å². The van der Waals surface area contributed by atoms with Crippen molar-refractivity contribution in [1.82, 2.24) is 25.4 Å². The molecule has 0 spiro atoms. The summed E-state index contributed by atoms with van der Waals surface area (Å²) < 4.78 is 7.64. The Morgan fingerprint density at radius 2 is 1.72 bits per heavy atom. The van der Waals surface area contributed by atoms with Gasteiger partial charge in [0.25, 0.3) is 0 Å². The minimum Gasteiger partial charge on any atom is -0.494 e. The molecule has 0 saturated heterocycles. The molecule has 0 saturated carbocycles. The zero-order valence-corrected chi connectivity index (χ0v) is 16.9. The fourth-order valence-corrected chi connectivity index (χ4v) is 2.17. The molecule has 0 unspecified atom stereocenters. The van der Waals surface area contributed by atoms with E-state index in [4.69, 9.17) is 4.74 Å². The highest BCUT2D eigenvalue weighted by Gasteiger charge is 1.98. The van der Waals surface area contributed by atoms with Crippen molar-refractivity contribution in [2.75, 3.05) is 26.7 Å². The molecule has 2 aromatic rings. The normalized spacial score (nSPS) is 10.8. The number of halogens is 1. The maximum Gasteiger partial charge on any atom is 0.190 e. The fourth-order valence-electron chi connectivity index (χ4n) is 2.17. The minimum absolute atomic E-state index is 0. The summed E-state index contributed by atoms with van der Waals surface area (Å²) in [5, 5.41) is 14.2. The molecule has 0 aliphatic heterocycles. The molecule has 138 valence electrons. The van der Waals surface area contributed by atoms with Crippen LogP contribution in [-0.2, 0) is 6.54 Å². The summed E-state index contributed by atoms with van der Waals surface area (Å²) in [5.74, 6) is 1.74. The molecule has 7 nitrogen and oxygen atoms in total. The van der Waals surface area contributed by atoms with Crippen LogP contribution in [0.4, 0.5) is 0 Å². The van der Waals surface area contributed by atoms with Crippen LogP contribution in [0.5, 0.6) is 5.75 Å². The number of guanidine groups is 1. The zero-order chi connectivity index (χ0) is 16.9. The van der Waals surface area contributed by atoms with Crippen molar-refractivity contribution in [2.45, 2.75) is 25.8 Å². The lowest BCUT2D eigenvalue weighted by Crippen LogP contribution is -2.38. The first kappa shape index (κ1) is 21.2. The highest BCUT2D eigenvalue weighted by atomic mass is 127. The van der Waals surface area contributed by atoms with Gasteiger partial charge in [-0.3, -0.25) is 4.99 Å². The van der Waals surface area contributed by atoms with Crippen LogP contribution >= 0.6 is 24.0 Å². The highest BCUT2D eigenvalue weighted by molar-refractivity contribution is 14.0. The Morgan fingerprint density at radius 1 is 1.04 bits per heavy atom. The van der Waals surface area contributed by atoms with E-state index in [0.29, 0.717) is 6.61 Å². The average Bonchev–Trinajstić information content (AvgIpc) is 3.14. The number of rotatable bonds is 10. The molecular formula is C17H27IN6O. The summed E-state index contributed by atoms with van der Waals surface area (Å²) in [6.07, 6.45) is 6.54. The third-order valence-corrected chi connectivity index (χ3v) is 3.45. The fraction of sp³-hybridized carbons (Fsp3) is 0.471. The van der Waals surface area contributed by atoms with E-state index in [2.05, 4.69) is 25.8 Å². The van der Waals surface area contributed by atoms with Crippen LogP contribution in [-0.4, -0.2) is 47.5 Å². The summed E-state index contributed by atoms with van der Waals surface area (Å²) in [7, 11) is 1.78. The SMILES string of the molecule is CN=C(NCCCCn1cnnc1)NCCCOc1ccccc1.I.